The summed E-state index contributed by atoms with van der Waals surface area (Å²) in [5.41, 5.74) is -0.686. The zero-order valence-corrected chi connectivity index (χ0v) is 12.8. The van der Waals surface area contributed by atoms with Crippen LogP contribution in [0.25, 0.3) is 0 Å². The van der Waals surface area contributed by atoms with E-state index in [0.29, 0.717) is 11.5 Å². The van der Waals surface area contributed by atoms with Crippen molar-refractivity contribution in [3.8, 4) is 23.0 Å². The molecule has 114 valence electrons. The Labute approximate surface area is 124 Å². The van der Waals surface area contributed by atoms with E-state index >= 15 is 0 Å². The van der Waals surface area contributed by atoms with E-state index in [2.05, 4.69) is 13.2 Å². The summed E-state index contributed by atoms with van der Waals surface area (Å²) in [6, 6.07) is 3.29. The first kappa shape index (κ1) is 16.6. The van der Waals surface area contributed by atoms with Crippen molar-refractivity contribution < 1.29 is 23.7 Å². The molecule has 0 atom stereocenters. The van der Waals surface area contributed by atoms with E-state index in [9.17, 15) is 4.79 Å². The van der Waals surface area contributed by atoms with Crippen LogP contribution < -0.4 is 18.9 Å². The first-order valence-corrected chi connectivity index (χ1v) is 6.30. The van der Waals surface area contributed by atoms with E-state index in [1.165, 1.54) is 14.2 Å². The van der Waals surface area contributed by atoms with Crippen molar-refractivity contribution in [1.82, 2.24) is 0 Å². The lowest BCUT2D eigenvalue weighted by molar-refractivity contribution is -0.129. The van der Waals surface area contributed by atoms with Crippen LogP contribution in [0, 0.1) is 0 Å². The van der Waals surface area contributed by atoms with Gasteiger partial charge in [0.1, 0.15) is 5.60 Å². The number of methoxy groups -OCH3 is 2. The number of hydrogen-bond donors (Lipinski definition) is 0. The van der Waals surface area contributed by atoms with Crippen LogP contribution in [-0.2, 0) is 4.79 Å². The lowest BCUT2D eigenvalue weighted by Crippen LogP contribution is -2.25. The van der Waals surface area contributed by atoms with Crippen LogP contribution in [0.2, 0.25) is 0 Å². The highest BCUT2D eigenvalue weighted by Crippen LogP contribution is 2.46. The summed E-state index contributed by atoms with van der Waals surface area (Å²) in [6.07, 6.45) is 2.69. The predicted molar refractivity (Wildman–Crippen MR) is 80.3 cm³/mol. The van der Waals surface area contributed by atoms with E-state index in [1.807, 2.05) is 13.8 Å². The number of hydrogen-bond acceptors (Lipinski definition) is 5. The van der Waals surface area contributed by atoms with Crippen molar-refractivity contribution >= 4 is 5.97 Å². The topological polar surface area (TPSA) is 54.0 Å². The third-order valence-electron chi connectivity index (χ3n) is 2.71. The maximum atomic E-state index is 11.5. The predicted octanol–water partition coefficient (Wildman–Crippen LogP) is 3.14. The Morgan fingerprint density at radius 2 is 1.62 bits per heavy atom. The molecule has 0 aliphatic rings. The van der Waals surface area contributed by atoms with Crippen LogP contribution in [0.4, 0.5) is 0 Å². The number of carbonyl (C=O) groups is 1. The standard InChI is InChI=1S/C16H20O5/c1-7-13(17)20-14-11(18-5)9-10-12(19-6)15(14)21-16(3,4)8-2/h7-10H,1-2H2,3-6H3. The van der Waals surface area contributed by atoms with Crippen molar-refractivity contribution in [1.29, 1.82) is 0 Å². The molecule has 5 nitrogen and oxygen atoms in total. The maximum absolute atomic E-state index is 11.5. The van der Waals surface area contributed by atoms with Gasteiger partial charge in [-0.05, 0) is 32.1 Å². The minimum Gasteiger partial charge on any atom is -0.493 e. The van der Waals surface area contributed by atoms with Gasteiger partial charge in [-0.1, -0.05) is 13.2 Å². The molecule has 0 heterocycles. The molecule has 0 radical (unpaired) electrons. The van der Waals surface area contributed by atoms with Gasteiger partial charge < -0.3 is 18.9 Å². The summed E-state index contributed by atoms with van der Waals surface area (Å²) in [4.78, 5) is 11.5. The van der Waals surface area contributed by atoms with Crippen molar-refractivity contribution in [2.45, 2.75) is 19.4 Å². The molecule has 0 aromatic heterocycles. The fourth-order valence-corrected chi connectivity index (χ4v) is 1.49. The molecule has 0 saturated carbocycles. The minimum atomic E-state index is -0.686. The summed E-state index contributed by atoms with van der Waals surface area (Å²) < 4.78 is 21.6. The molecule has 1 rings (SSSR count). The van der Waals surface area contributed by atoms with Crippen molar-refractivity contribution in [2.24, 2.45) is 0 Å². The van der Waals surface area contributed by atoms with Gasteiger partial charge in [0.05, 0.1) is 14.2 Å². The van der Waals surface area contributed by atoms with Crippen LogP contribution in [0.3, 0.4) is 0 Å². The zero-order valence-electron chi connectivity index (χ0n) is 12.8. The van der Waals surface area contributed by atoms with Gasteiger partial charge in [-0.2, -0.15) is 0 Å². The number of benzene rings is 1. The molecular formula is C16H20O5. The van der Waals surface area contributed by atoms with Crippen LogP contribution in [-0.4, -0.2) is 25.8 Å². The second kappa shape index (κ2) is 6.83. The van der Waals surface area contributed by atoms with E-state index in [-0.39, 0.29) is 11.5 Å². The van der Waals surface area contributed by atoms with Gasteiger partial charge in [0.25, 0.3) is 0 Å². The van der Waals surface area contributed by atoms with Gasteiger partial charge in [-0.3, -0.25) is 0 Å². The average Bonchev–Trinajstić information content (AvgIpc) is 2.48. The molecule has 0 bridgehead atoms. The second-order valence-corrected chi connectivity index (χ2v) is 4.66. The Balaban J connectivity index is 3.42. The minimum absolute atomic E-state index is 0.136. The Morgan fingerprint density at radius 3 is 2.05 bits per heavy atom. The normalized spacial score (nSPS) is 10.5. The van der Waals surface area contributed by atoms with Crippen LogP contribution in [0.15, 0.2) is 37.4 Å². The van der Waals surface area contributed by atoms with Crippen molar-refractivity contribution in [3.63, 3.8) is 0 Å². The molecule has 0 fully saturated rings. The molecule has 5 heteroatoms. The molecule has 0 aliphatic carbocycles. The summed E-state index contributed by atoms with van der Waals surface area (Å²) in [7, 11) is 2.96. The van der Waals surface area contributed by atoms with Crippen LogP contribution in [0.1, 0.15) is 13.8 Å². The SMILES string of the molecule is C=CC(=O)Oc1c(OC)ccc(OC)c1OC(C)(C)C=C. The third kappa shape index (κ3) is 4.02. The van der Waals surface area contributed by atoms with Crippen LogP contribution in [0.5, 0.6) is 23.0 Å². The van der Waals surface area contributed by atoms with Gasteiger partial charge >= 0.3 is 5.97 Å². The molecule has 0 aliphatic heterocycles. The van der Waals surface area contributed by atoms with E-state index < -0.39 is 11.6 Å². The Morgan fingerprint density at radius 1 is 1.10 bits per heavy atom. The second-order valence-electron chi connectivity index (χ2n) is 4.66. The van der Waals surface area contributed by atoms with Gasteiger partial charge in [0.15, 0.2) is 11.5 Å². The molecule has 1 aromatic rings. The van der Waals surface area contributed by atoms with E-state index in [1.54, 1.807) is 18.2 Å². The van der Waals surface area contributed by atoms with Gasteiger partial charge in [0, 0.05) is 6.08 Å². The summed E-state index contributed by atoms with van der Waals surface area (Å²) in [5, 5.41) is 0. The zero-order chi connectivity index (χ0) is 16.0. The number of ether oxygens (including phenoxy) is 4. The molecule has 0 unspecified atom stereocenters. The molecule has 21 heavy (non-hydrogen) atoms. The fraction of sp³-hybridized carbons (Fsp3) is 0.312. The highest BCUT2D eigenvalue weighted by Gasteiger charge is 2.25. The fourth-order valence-electron chi connectivity index (χ4n) is 1.49. The quantitative estimate of drug-likeness (QED) is 0.334. The smallest absolute Gasteiger partial charge is 0.335 e. The van der Waals surface area contributed by atoms with Crippen molar-refractivity contribution in [2.75, 3.05) is 14.2 Å². The lowest BCUT2D eigenvalue weighted by atomic mass is 10.1. The number of carbonyl (C=O) groups excluding carboxylic acids is 1. The highest BCUT2D eigenvalue weighted by molar-refractivity contribution is 5.85. The van der Waals surface area contributed by atoms with Crippen molar-refractivity contribution in [3.05, 3.63) is 37.4 Å². The third-order valence-corrected chi connectivity index (χ3v) is 2.71. The summed E-state index contributed by atoms with van der Waals surface area (Å²) in [6.45, 7) is 10.7. The summed E-state index contributed by atoms with van der Waals surface area (Å²) in [5.74, 6) is 0.537. The Kier molecular flexibility index (Phi) is 5.41. The molecule has 0 saturated heterocycles. The first-order valence-electron chi connectivity index (χ1n) is 6.30. The Hall–Kier alpha value is -2.43. The largest absolute Gasteiger partial charge is 0.493 e. The number of esters is 1. The van der Waals surface area contributed by atoms with Gasteiger partial charge in [-0.15, -0.1) is 0 Å². The molecule has 1 aromatic carbocycles. The maximum Gasteiger partial charge on any atom is 0.335 e. The Bertz CT molecular complexity index is 546. The first-order chi connectivity index (χ1) is 9.88. The lowest BCUT2D eigenvalue weighted by Gasteiger charge is -2.25. The molecule has 0 spiro atoms. The molecule has 0 amide bonds. The monoisotopic (exact) mass is 292 g/mol. The van der Waals surface area contributed by atoms with Gasteiger partial charge in [0.2, 0.25) is 11.5 Å². The average molecular weight is 292 g/mol. The van der Waals surface area contributed by atoms with E-state index in [4.69, 9.17) is 18.9 Å². The highest BCUT2D eigenvalue weighted by atomic mass is 16.6. The van der Waals surface area contributed by atoms with Crippen LogP contribution >= 0.6 is 0 Å². The van der Waals surface area contributed by atoms with E-state index in [0.717, 1.165) is 6.08 Å². The molecule has 0 N–H and O–H groups in total. The number of rotatable bonds is 7. The summed E-state index contributed by atoms with van der Waals surface area (Å²) >= 11 is 0. The van der Waals surface area contributed by atoms with Gasteiger partial charge in [-0.25, -0.2) is 4.79 Å². The molecular weight excluding hydrogens is 272 g/mol.